The highest BCUT2D eigenvalue weighted by Gasteiger charge is 2.52. The molecule has 1 N–H and O–H groups in total. The molecule has 2 aromatic carbocycles. The molecule has 1 aliphatic carbocycles. The fraction of sp³-hybridized carbons (Fsp3) is 0.485. The summed E-state index contributed by atoms with van der Waals surface area (Å²) in [5.41, 5.74) is 0.916. The molecule has 45 heavy (non-hydrogen) atoms. The first-order valence-electron chi connectivity index (χ1n) is 15.3. The van der Waals surface area contributed by atoms with Gasteiger partial charge in [-0.15, -0.1) is 0 Å². The first-order valence-corrected chi connectivity index (χ1v) is 19.4. The van der Waals surface area contributed by atoms with Crippen molar-refractivity contribution in [3.63, 3.8) is 0 Å². The number of amides is 1. The Hall–Kier alpha value is -2.83. The fourth-order valence-electron chi connectivity index (χ4n) is 6.17. The van der Waals surface area contributed by atoms with E-state index in [4.69, 9.17) is 25.5 Å². The number of rotatable bonds is 10. The second-order valence-electron chi connectivity index (χ2n) is 13.9. The van der Waals surface area contributed by atoms with Crippen molar-refractivity contribution in [3.05, 3.63) is 69.4 Å². The highest BCUT2D eigenvalue weighted by molar-refractivity contribution is 7.15. The molecule has 1 saturated carbocycles. The van der Waals surface area contributed by atoms with E-state index in [1.807, 2.05) is 31.3 Å². The summed E-state index contributed by atoms with van der Waals surface area (Å²) in [6.07, 6.45) is 4.36. The molecular weight excluding hydrogens is 633 g/mol. The van der Waals surface area contributed by atoms with Gasteiger partial charge in [-0.1, -0.05) is 55.8 Å². The van der Waals surface area contributed by atoms with Crippen LogP contribution in [0.1, 0.15) is 68.5 Å². The molecule has 3 aliphatic rings. The van der Waals surface area contributed by atoms with E-state index in [1.165, 1.54) is 23.5 Å². The lowest BCUT2D eigenvalue weighted by atomic mass is 9.93. The van der Waals surface area contributed by atoms with Crippen molar-refractivity contribution in [2.75, 3.05) is 25.2 Å². The predicted molar refractivity (Wildman–Crippen MR) is 175 cm³/mol. The van der Waals surface area contributed by atoms with E-state index in [9.17, 15) is 14.0 Å². The Morgan fingerprint density at radius 3 is 2.67 bits per heavy atom. The lowest BCUT2D eigenvalue weighted by molar-refractivity contribution is -0.118. The molecule has 6 rings (SSSR count). The Morgan fingerprint density at radius 2 is 1.96 bits per heavy atom. The number of benzene rings is 2. The van der Waals surface area contributed by atoms with E-state index in [0.29, 0.717) is 41.2 Å². The Kier molecular flexibility index (Phi) is 8.62. The van der Waals surface area contributed by atoms with Crippen LogP contribution in [0.2, 0.25) is 18.1 Å². The van der Waals surface area contributed by atoms with E-state index in [2.05, 4.69) is 36.0 Å². The SMILES string of the molecule is CC(C)(C)CC(=O)[Si](C)(C)O[C@@H]1CCN([C@H](c2cnc(NC(=O)C3(c4ccc5c(c4)OCO5)CC3)s2)c2ccc(F)cc2Cl)C1. The van der Waals surface area contributed by atoms with Crippen LogP contribution in [0, 0.1) is 11.2 Å². The number of hydrogen-bond donors (Lipinski definition) is 1. The number of hydrogen-bond acceptors (Lipinski definition) is 8. The van der Waals surface area contributed by atoms with Gasteiger partial charge in [0.2, 0.25) is 12.7 Å². The number of fused-ring (bicyclic) bond motifs is 1. The van der Waals surface area contributed by atoms with E-state index in [1.54, 1.807) is 12.3 Å². The summed E-state index contributed by atoms with van der Waals surface area (Å²) in [5, 5.41) is 4.07. The number of nitrogens with one attached hydrogen (secondary N) is 1. The van der Waals surface area contributed by atoms with Gasteiger partial charge in [-0.05, 0) is 73.2 Å². The van der Waals surface area contributed by atoms with Gasteiger partial charge < -0.3 is 24.0 Å². The molecule has 0 radical (unpaired) electrons. The number of likely N-dealkylation sites (tertiary alicyclic amines) is 1. The smallest absolute Gasteiger partial charge is 0.259 e. The normalized spacial score (nSPS) is 19.8. The minimum atomic E-state index is -2.60. The van der Waals surface area contributed by atoms with Crippen molar-refractivity contribution in [1.82, 2.24) is 9.88 Å². The molecule has 2 fully saturated rings. The number of thiazole rings is 1. The van der Waals surface area contributed by atoms with Crippen molar-refractivity contribution in [2.24, 2.45) is 5.41 Å². The monoisotopic (exact) mass is 671 g/mol. The number of carbonyl (C=O) groups excluding carboxylic acids is 2. The van der Waals surface area contributed by atoms with E-state index < -0.39 is 19.5 Å². The third kappa shape index (κ3) is 6.83. The third-order valence-electron chi connectivity index (χ3n) is 8.75. The number of ether oxygens (including phenoxy) is 2. The molecule has 1 saturated heterocycles. The molecule has 3 heterocycles. The molecule has 1 amide bonds. The van der Waals surface area contributed by atoms with Gasteiger partial charge in [0.15, 0.2) is 16.6 Å². The topological polar surface area (TPSA) is 90.0 Å². The van der Waals surface area contributed by atoms with E-state index >= 15 is 0 Å². The average molecular weight is 672 g/mol. The number of anilines is 1. The molecule has 0 spiro atoms. The predicted octanol–water partition coefficient (Wildman–Crippen LogP) is 7.26. The molecule has 12 heteroatoms. The van der Waals surface area contributed by atoms with Crippen LogP contribution in [0.3, 0.4) is 0 Å². The molecule has 2 atom stereocenters. The van der Waals surface area contributed by atoms with Gasteiger partial charge in [-0.25, -0.2) is 9.37 Å². The largest absolute Gasteiger partial charge is 0.454 e. The van der Waals surface area contributed by atoms with E-state index in [0.717, 1.165) is 35.3 Å². The molecular formula is C33H39ClFN3O5SSi. The van der Waals surface area contributed by atoms with Crippen LogP contribution < -0.4 is 14.8 Å². The summed E-state index contributed by atoms with van der Waals surface area (Å²) in [6.45, 7) is 11.6. The van der Waals surface area contributed by atoms with Crippen molar-refractivity contribution in [2.45, 2.75) is 77.1 Å². The lowest BCUT2D eigenvalue weighted by Crippen LogP contribution is -2.46. The summed E-state index contributed by atoms with van der Waals surface area (Å²) >= 11 is 8.01. The first-order chi connectivity index (χ1) is 21.2. The van der Waals surface area contributed by atoms with Crippen LogP contribution in [0.5, 0.6) is 11.5 Å². The maximum absolute atomic E-state index is 14.1. The lowest BCUT2D eigenvalue weighted by Gasteiger charge is -2.30. The number of aromatic nitrogens is 1. The average Bonchev–Trinajstić information content (AvgIpc) is 3.24. The maximum Gasteiger partial charge on any atom is 0.259 e. The summed E-state index contributed by atoms with van der Waals surface area (Å²) in [5.74, 6) is 0.813. The van der Waals surface area contributed by atoms with Gasteiger partial charge >= 0.3 is 0 Å². The summed E-state index contributed by atoms with van der Waals surface area (Å²) in [4.78, 5) is 34.4. The standard InChI is InChI=1S/C33H39ClFN3O5SSi/c1-32(2,3)16-28(39)45(4,5)43-22-10-13-38(18-22)29(23-8-7-21(35)15-24(23)34)27-17-36-31(44-27)37-30(40)33(11-12-33)20-6-9-25-26(14-20)42-19-41-25/h6-9,14-15,17,22,29H,10-13,16,18-19H2,1-5H3,(H,36,37,40)/t22-,29+/m1/s1. The molecule has 2 aliphatic heterocycles. The molecule has 1 aromatic heterocycles. The summed E-state index contributed by atoms with van der Waals surface area (Å²) in [6, 6.07) is 9.77. The summed E-state index contributed by atoms with van der Waals surface area (Å²) < 4.78 is 31.6. The van der Waals surface area contributed by atoms with Crippen molar-refractivity contribution >= 4 is 47.7 Å². The Bertz CT molecular complexity index is 1620. The number of nitrogens with zero attached hydrogens (tertiary/aromatic N) is 2. The fourth-order valence-corrected chi connectivity index (χ4v) is 9.52. The van der Waals surface area contributed by atoms with Crippen LogP contribution in [0.15, 0.2) is 42.6 Å². The molecule has 8 nitrogen and oxygen atoms in total. The highest BCUT2D eigenvalue weighted by atomic mass is 35.5. The zero-order valence-electron chi connectivity index (χ0n) is 26.2. The Labute approximate surface area is 273 Å². The minimum absolute atomic E-state index is 0.0974. The van der Waals surface area contributed by atoms with Gasteiger partial charge in [0.05, 0.1) is 17.6 Å². The van der Waals surface area contributed by atoms with E-state index in [-0.39, 0.29) is 35.7 Å². The molecule has 3 aromatic rings. The second-order valence-corrected chi connectivity index (χ2v) is 19.2. The van der Waals surface area contributed by atoms with Gasteiger partial charge in [0, 0.05) is 35.6 Å². The van der Waals surface area contributed by atoms with Gasteiger partial charge in [0.1, 0.15) is 11.2 Å². The van der Waals surface area contributed by atoms with Gasteiger partial charge in [-0.2, -0.15) is 0 Å². The minimum Gasteiger partial charge on any atom is -0.454 e. The Morgan fingerprint density at radius 1 is 1.20 bits per heavy atom. The van der Waals surface area contributed by atoms with Gasteiger partial charge in [0.25, 0.3) is 8.32 Å². The second kappa shape index (κ2) is 12.1. The number of carbonyl (C=O) groups is 2. The van der Waals surface area contributed by atoms with Crippen molar-refractivity contribution < 1.29 is 27.9 Å². The zero-order chi connectivity index (χ0) is 32.1. The Balaban J connectivity index is 1.20. The first kappa shape index (κ1) is 32.1. The molecule has 240 valence electrons. The third-order valence-corrected chi connectivity index (χ3v) is 12.5. The van der Waals surface area contributed by atoms with Crippen molar-refractivity contribution in [1.29, 1.82) is 0 Å². The van der Waals surface area contributed by atoms with Crippen LogP contribution >= 0.6 is 22.9 Å². The van der Waals surface area contributed by atoms with Crippen LogP contribution in [-0.4, -0.2) is 55.5 Å². The van der Waals surface area contributed by atoms with Gasteiger partial charge in [-0.3, -0.25) is 9.69 Å². The van der Waals surface area contributed by atoms with Crippen LogP contribution in [0.25, 0.3) is 0 Å². The maximum atomic E-state index is 14.1. The molecule has 0 bridgehead atoms. The quantitative estimate of drug-likeness (QED) is 0.227. The van der Waals surface area contributed by atoms with Crippen molar-refractivity contribution in [3.8, 4) is 11.5 Å². The van der Waals surface area contributed by atoms with Crippen LogP contribution in [-0.2, 0) is 19.4 Å². The van der Waals surface area contributed by atoms with Crippen LogP contribution in [0.4, 0.5) is 9.52 Å². The zero-order valence-corrected chi connectivity index (χ0v) is 28.8. The number of halogens is 2. The highest BCUT2D eigenvalue weighted by Crippen LogP contribution is 2.51. The molecule has 0 unspecified atom stereocenters. The summed E-state index contributed by atoms with van der Waals surface area (Å²) in [7, 11) is -2.60.